The molecule has 172 valence electrons. The molecular weight excluding hydrogens is 408 g/mol. The Kier molecular flexibility index (Phi) is 7.02. The van der Waals surface area contributed by atoms with Crippen LogP contribution in [0.1, 0.15) is 56.5 Å². The van der Waals surface area contributed by atoms with Crippen molar-refractivity contribution in [2.45, 2.75) is 59.4 Å². The molecule has 2 heterocycles. The molecular formula is C27H34N6. The highest BCUT2D eigenvalue weighted by Gasteiger charge is 2.22. The normalized spacial score (nSPS) is 19.2. The monoisotopic (exact) mass is 442 g/mol. The number of hydrogen-bond donors (Lipinski definition) is 2. The molecule has 0 bridgehead atoms. The first-order valence-corrected chi connectivity index (χ1v) is 11.8. The lowest BCUT2D eigenvalue weighted by atomic mass is 9.87. The van der Waals surface area contributed by atoms with Gasteiger partial charge in [0.15, 0.2) is 5.82 Å². The molecule has 0 aliphatic heterocycles. The van der Waals surface area contributed by atoms with Crippen molar-refractivity contribution in [3.05, 3.63) is 53.4 Å². The molecule has 1 aromatic carbocycles. The van der Waals surface area contributed by atoms with Crippen molar-refractivity contribution in [2.75, 3.05) is 12.4 Å². The van der Waals surface area contributed by atoms with Crippen LogP contribution in [0.25, 0.3) is 28.2 Å². The summed E-state index contributed by atoms with van der Waals surface area (Å²) in [4.78, 5) is 13.9. The molecule has 0 amide bonds. The Labute approximate surface area is 196 Å². The van der Waals surface area contributed by atoms with E-state index in [4.69, 9.17) is 4.98 Å². The van der Waals surface area contributed by atoms with Crippen LogP contribution in [0.5, 0.6) is 0 Å². The zero-order valence-electron chi connectivity index (χ0n) is 20.3. The van der Waals surface area contributed by atoms with Gasteiger partial charge in [-0.05, 0) is 81.2 Å². The molecule has 3 aromatic rings. The molecule has 2 N–H and O–H groups in total. The molecule has 1 saturated carbocycles. The number of aryl methyl sites for hydroxylation is 2. The van der Waals surface area contributed by atoms with Gasteiger partial charge in [-0.1, -0.05) is 31.2 Å². The number of aromatic amines is 1. The van der Waals surface area contributed by atoms with Crippen LogP contribution >= 0.6 is 0 Å². The van der Waals surface area contributed by atoms with Crippen LogP contribution in [0.2, 0.25) is 0 Å². The number of hydrogen-bond acceptors (Lipinski definition) is 5. The first kappa shape index (κ1) is 22.9. The molecule has 0 unspecified atom stereocenters. The topological polar surface area (TPSA) is 78.9 Å². The minimum Gasteiger partial charge on any atom is -0.367 e. The summed E-state index contributed by atoms with van der Waals surface area (Å²) in [6.07, 6.45) is 8.80. The molecule has 0 radical (unpaired) electrons. The largest absolute Gasteiger partial charge is 0.367 e. The average molecular weight is 443 g/mol. The number of benzene rings is 1. The molecule has 1 aliphatic carbocycles. The van der Waals surface area contributed by atoms with Gasteiger partial charge in [0.25, 0.3) is 0 Å². The molecule has 2 aromatic heterocycles. The number of pyridine rings is 1. The van der Waals surface area contributed by atoms with E-state index < -0.39 is 0 Å². The maximum atomic E-state index is 5.16. The van der Waals surface area contributed by atoms with Crippen LogP contribution in [0.3, 0.4) is 0 Å². The van der Waals surface area contributed by atoms with E-state index in [-0.39, 0.29) is 0 Å². The maximum absolute atomic E-state index is 5.16. The fraction of sp³-hybridized carbons (Fsp3) is 0.407. The number of rotatable bonds is 6. The smallest absolute Gasteiger partial charge is 0.184 e. The number of nitrogens with one attached hydrogen (secondary N) is 2. The zero-order valence-corrected chi connectivity index (χ0v) is 20.3. The van der Waals surface area contributed by atoms with Crippen LogP contribution in [0.4, 0.5) is 5.82 Å². The van der Waals surface area contributed by atoms with Gasteiger partial charge >= 0.3 is 0 Å². The molecule has 4 rings (SSSR count). The lowest BCUT2D eigenvalue weighted by Crippen LogP contribution is -2.26. The number of anilines is 1. The molecule has 1 aliphatic rings. The Hall–Kier alpha value is -3.28. The summed E-state index contributed by atoms with van der Waals surface area (Å²) >= 11 is 0. The van der Waals surface area contributed by atoms with E-state index in [0.29, 0.717) is 11.9 Å². The Morgan fingerprint density at radius 3 is 2.58 bits per heavy atom. The number of aliphatic imine (C=N–C) groups is 1. The number of nitrogens with zero attached hydrogens (tertiary/aromatic N) is 4. The Morgan fingerprint density at radius 2 is 1.91 bits per heavy atom. The van der Waals surface area contributed by atoms with Gasteiger partial charge in [-0.2, -0.15) is 5.10 Å². The second kappa shape index (κ2) is 10.1. The van der Waals surface area contributed by atoms with Gasteiger partial charge in [-0.15, -0.1) is 0 Å². The summed E-state index contributed by atoms with van der Waals surface area (Å²) in [5.74, 6) is 3.15. The highest BCUT2D eigenvalue weighted by molar-refractivity contribution is 6.09. The molecule has 0 saturated heterocycles. The van der Waals surface area contributed by atoms with Crippen molar-refractivity contribution in [1.82, 2.24) is 20.2 Å². The molecule has 1 fully saturated rings. The Morgan fingerprint density at radius 1 is 1.12 bits per heavy atom. The first-order chi connectivity index (χ1) is 16.0. The van der Waals surface area contributed by atoms with Crippen molar-refractivity contribution in [3.8, 4) is 22.6 Å². The molecule has 33 heavy (non-hydrogen) atoms. The second-order valence-electron chi connectivity index (χ2n) is 9.11. The van der Waals surface area contributed by atoms with Crippen molar-refractivity contribution >= 4 is 17.6 Å². The van der Waals surface area contributed by atoms with Gasteiger partial charge in [-0.25, -0.2) is 9.97 Å². The first-order valence-electron chi connectivity index (χ1n) is 11.8. The van der Waals surface area contributed by atoms with Gasteiger partial charge in [0.2, 0.25) is 0 Å². The van der Waals surface area contributed by atoms with Crippen LogP contribution in [0, 0.1) is 19.8 Å². The maximum Gasteiger partial charge on any atom is 0.184 e. The van der Waals surface area contributed by atoms with E-state index in [1.54, 1.807) is 7.05 Å². The quantitative estimate of drug-likeness (QED) is 0.443. The van der Waals surface area contributed by atoms with Crippen LogP contribution < -0.4 is 5.32 Å². The fourth-order valence-electron chi connectivity index (χ4n) is 4.55. The third kappa shape index (κ3) is 5.21. The van der Waals surface area contributed by atoms with Gasteiger partial charge in [0, 0.05) is 24.9 Å². The van der Waals surface area contributed by atoms with Crippen molar-refractivity contribution in [1.29, 1.82) is 0 Å². The molecule has 6 nitrogen and oxygen atoms in total. The highest BCUT2D eigenvalue weighted by Crippen LogP contribution is 2.34. The lowest BCUT2D eigenvalue weighted by molar-refractivity contribution is 0.361. The standard InChI is InChI=1S/C27H34N6/c1-6-20(16-28-5)21-8-7-9-22(15-21)25-18(3)14-24(27-29-19(4)32-33-27)26(31-25)30-23-12-10-17(2)11-13-23/h6-9,14-17,23H,10-13H2,1-5H3,(H,30,31)(H,29,32,33)/b20-6+,28-16?. The molecule has 0 spiro atoms. The summed E-state index contributed by atoms with van der Waals surface area (Å²) in [5, 5.41) is 11.1. The zero-order chi connectivity index (χ0) is 23.4. The minimum absolute atomic E-state index is 0.421. The molecule has 0 atom stereocenters. The van der Waals surface area contributed by atoms with Crippen LogP contribution in [0.15, 0.2) is 41.4 Å². The van der Waals surface area contributed by atoms with E-state index in [1.165, 1.54) is 12.8 Å². The van der Waals surface area contributed by atoms with Gasteiger partial charge in [-0.3, -0.25) is 10.1 Å². The number of allylic oxidation sites excluding steroid dienone is 2. The summed E-state index contributed by atoms with van der Waals surface area (Å²) < 4.78 is 0. The van der Waals surface area contributed by atoms with E-state index in [1.807, 2.05) is 20.1 Å². The van der Waals surface area contributed by atoms with Crippen molar-refractivity contribution < 1.29 is 0 Å². The van der Waals surface area contributed by atoms with Gasteiger partial charge < -0.3 is 5.32 Å². The van der Waals surface area contributed by atoms with Gasteiger partial charge in [0.05, 0.1) is 11.3 Å². The summed E-state index contributed by atoms with van der Waals surface area (Å²) in [7, 11) is 1.80. The third-order valence-electron chi connectivity index (χ3n) is 6.46. The van der Waals surface area contributed by atoms with E-state index in [2.05, 4.69) is 75.7 Å². The summed E-state index contributed by atoms with van der Waals surface area (Å²) in [6.45, 7) is 8.41. The van der Waals surface area contributed by atoms with Crippen LogP contribution in [-0.2, 0) is 0 Å². The molecule has 6 heteroatoms. The van der Waals surface area contributed by atoms with E-state index >= 15 is 0 Å². The Balaban J connectivity index is 1.77. The van der Waals surface area contributed by atoms with Gasteiger partial charge in [0.1, 0.15) is 11.6 Å². The predicted molar refractivity (Wildman–Crippen MR) is 138 cm³/mol. The van der Waals surface area contributed by atoms with E-state index in [9.17, 15) is 0 Å². The summed E-state index contributed by atoms with van der Waals surface area (Å²) in [5.41, 5.74) is 6.34. The average Bonchev–Trinajstić information content (AvgIpc) is 3.26. The number of aromatic nitrogens is 4. The van der Waals surface area contributed by atoms with Crippen LogP contribution in [-0.4, -0.2) is 39.5 Å². The minimum atomic E-state index is 0.421. The predicted octanol–water partition coefficient (Wildman–Crippen LogP) is 6.25. The van der Waals surface area contributed by atoms with E-state index in [0.717, 1.165) is 63.9 Å². The van der Waals surface area contributed by atoms with Crippen molar-refractivity contribution in [2.24, 2.45) is 10.9 Å². The second-order valence-corrected chi connectivity index (χ2v) is 9.11. The summed E-state index contributed by atoms with van der Waals surface area (Å²) in [6, 6.07) is 11.1. The fourth-order valence-corrected chi connectivity index (χ4v) is 4.55. The Bertz CT molecular complexity index is 1170. The lowest BCUT2D eigenvalue weighted by Gasteiger charge is -2.28. The number of H-pyrrole nitrogens is 1. The third-order valence-corrected chi connectivity index (χ3v) is 6.46. The van der Waals surface area contributed by atoms with Crippen molar-refractivity contribution in [3.63, 3.8) is 0 Å². The SMILES string of the molecule is C/C=C(\C=NC)c1cccc(-c2nc(NC3CCC(C)CC3)c(-c3n[nH]c(C)n3)cc2C)c1. The highest BCUT2D eigenvalue weighted by atomic mass is 15.2.